The molecule has 1 aliphatic rings. The summed E-state index contributed by atoms with van der Waals surface area (Å²) in [5, 5.41) is 2.92. The van der Waals surface area contributed by atoms with Crippen LogP contribution in [0.2, 0.25) is 0 Å². The Bertz CT molecular complexity index is 1070. The number of anilines is 1. The molecule has 1 amide bonds. The number of carbonyl (C=O) groups excluding carboxylic acids is 2. The molecule has 1 fully saturated rings. The number of piperidine rings is 1. The summed E-state index contributed by atoms with van der Waals surface area (Å²) in [5.41, 5.74) is 3.69. The van der Waals surface area contributed by atoms with Crippen LogP contribution in [0.4, 0.5) is 5.69 Å². The summed E-state index contributed by atoms with van der Waals surface area (Å²) in [7, 11) is -3.42. The summed E-state index contributed by atoms with van der Waals surface area (Å²) in [4.78, 5) is 24.6. The SMILES string of the molecule is CCOC(=O)c1ccc(NC(=O)C2CCN(S(=O)(=O)Cc3ccc(C)cc3)CC2)c(C)c1. The highest BCUT2D eigenvalue weighted by Gasteiger charge is 2.31. The van der Waals surface area contributed by atoms with Crippen LogP contribution >= 0.6 is 0 Å². The van der Waals surface area contributed by atoms with Crippen molar-refractivity contribution in [2.45, 2.75) is 39.4 Å². The molecule has 1 N–H and O–H groups in total. The number of carbonyl (C=O) groups is 2. The predicted octanol–water partition coefficient (Wildman–Crippen LogP) is 3.66. The van der Waals surface area contributed by atoms with Gasteiger partial charge in [0.15, 0.2) is 0 Å². The minimum Gasteiger partial charge on any atom is -0.462 e. The van der Waals surface area contributed by atoms with E-state index in [1.54, 1.807) is 25.1 Å². The molecule has 0 radical (unpaired) electrons. The molecule has 3 rings (SSSR count). The van der Waals surface area contributed by atoms with E-state index in [2.05, 4.69) is 5.32 Å². The van der Waals surface area contributed by atoms with Gasteiger partial charge in [-0.15, -0.1) is 0 Å². The number of hydrogen-bond acceptors (Lipinski definition) is 5. The third kappa shape index (κ3) is 5.95. The molecule has 1 saturated heterocycles. The highest BCUT2D eigenvalue weighted by atomic mass is 32.2. The zero-order chi connectivity index (χ0) is 23.3. The minimum atomic E-state index is -3.42. The Labute approximate surface area is 189 Å². The first kappa shape index (κ1) is 23.9. The van der Waals surface area contributed by atoms with Gasteiger partial charge >= 0.3 is 5.97 Å². The highest BCUT2D eigenvalue weighted by Crippen LogP contribution is 2.24. The van der Waals surface area contributed by atoms with Crippen molar-refractivity contribution in [3.05, 3.63) is 64.7 Å². The molecule has 0 aromatic heterocycles. The number of hydrogen-bond donors (Lipinski definition) is 1. The third-order valence-electron chi connectivity index (χ3n) is 5.68. The largest absolute Gasteiger partial charge is 0.462 e. The molecule has 1 heterocycles. The van der Waals surface area contributed by atoms with E-state index in [1.165, 1.54) is 4.31 Å². The van der Waals surface area contributed by atoms with Gasteiger partial charge in [0.05, 0.1) is 17.9 Å². The van der Waals surface area contributed by atoms with E-state index in [-0.39, 0.29) is 17.6 Å². The van der Waals surface area contributed by atoms with Crippen LogP contribution in [-0.4, -0.2) is 44.3 Å². The van der Waals surface area contributed by atoms with Crippen molar-refractivity contribution < 1.29 is 22.7 Å². The third-order valence-corrected chi connectivity index (χ3v) is 7.53. The van der Waals surface area contributed by atoms with Crippen molar-refractivity contribution in [1.82, 2.24) is 4.31 Å². The number of sulfonamides is 1. The molecule has 32 heavy (non-hydrogen) atoms. The second-order valence-corrected chi connectivity index (χ2v) is 10.1. The monoisotopic (exact) mass is 458 g/mol. The summed E-state index contributed by atoms with van der Waals surface area (Å²) in [6.07, 6.45) is 0.942. The molecule has 8 heteroatoms. The molecule has 0 bridgehead atoms. The quantitative estimate of drug-likeness (QED) is 0.639. The first-order valence-electron chi connectivity index (χ1n) is 10.8. The fraction of sp³-hybridized carbons (Fsp3) is 0.417. The van der Waals surface area contributed by atoms with E-state index in [0.717, 1.165) is 16.7 Å². The number of aryl methyl sites for hydroxylation is 2. The van der Waals surface area contributed by atoms with Crippen LogP contribution in [0.15, 0.2) is 42.5 Å². The lowest BCUT2D eigenvalue weighted by Gasteiger charge is -2.30. The van der Waals surface area contributed by atoms with Crippen LogP contribution < -0.4 is 5.32 Å². The van der Waals surface area contributed by atoms with Crippen LogP contribution in [-0.2, 0) is 25.3 Å². The standard InChI is InChI=1S/C24H30N2O5S/c1-4-31-24(28)21-9-10-22(18(3)15-21)25-23(27)20-11-13-26(14-12-20)32(29,30)16-19-7-5-17(2)6-8-19/h5-10,15,20H,4,11-14,16H2,1-3H3,(H,25,27). The molecule has 0 spiro atoms. The summed E-state index contributed by atoms with van der Waals surface area (Å²) >= 11 is 0. The lowest BCUT2D eigenvalue weighted by atomic mass is 9.97. The number of nitrogens with one attached hydrogen (secondary N) is 1. The van der Waals surface area contributed by atoms with Gasteiger partial charge in [0.25, 0.3) is 0 Å². The molecule has 172 valence electrons. The van der Waals surface area contributed by atoms with Crippen LogP contribution in [0.1, 0.15) is 46.8 Å². The van der Waals surface area contributed by atoms with Gasteiger partial charge in [-0.1, -0.05) is 29.8 Å². The first-order valence-corrected chi connectivity index (χ1v) is 12.4. The van der Waals surface area contributed by atoms with Crippen molar-refractivity contribution in [3.8, 4) is 0 Å². The summed E-state index contributed by atoms with van der Waals surface area (Å²) < 4.78 is 32.0. The Kier molecular flexibility index (Phi) is 7.69. The van der Waals surface area contributed by atoms with Crippen LogP contribution in [0.3, 0.4) is 0 Å². The maximum Gasteiger partial charge on any atom is 0.338 e. The second kappa shape index (κ2) is 10.3. The van der Waals surface area contributed by atoms with Gasteiger partial charge in [0.2, 0.25) is 15.9 Å². The molecule has 7 nitrogen and oxygen atoms in total. The smallest absolute Gasteiger partial charge is 0.338 e. The van der Waals surface area contributed by atoms with Crippen molar-refractivity contribution in [2.75, 3.05) is 25.0 Å². The van der Waals surface area contributed by atoms with Crippen LogP contribution in [0.5, 0.6) is 0 Å². The van der Waals surface area contributed by atoms with Crippen molar-refractivity contribution in [1.29, 1.82) is 0 Å². The summed E-state index contributed by atoms with van der Waals surface area (Å²) in [5.74, 6) is -0.818. The molecule has 2 aromatic carbocycles. The van der Waals surface area contributed by atoms with E-state index in [9.17, 15) is 18.0 Å². The van der Waals surface area contributed by atoms with E-state index >= 15 is 0 Å². The van der Waals surface area contributed by atoms with Gasteiger partial charge in [-0.3, -0.25) is 4.79 Å². The number of ether oxygens (including phenoxy) is 1. The number of rotatable bonds is 7. The normalized spacial score (nSPS) is 15.3. The van der Waals surface area contributed by atoms with Gasteiger partial charge in [-0.2, -0.15) is 0 Å². The molecule has 0 atom stereocenters. The van der Waals surface area contributed by atoms with Gasteiger partial charge in [-0.25, -0.2) is 17.5 Å². The molecular weight excluding hydrogens is 428 g/mol. The molecular formula is C24H30N2O5S. The lowest BCUT2D eigenvalue weighted by molar-refractivity contribution is -0.120. The second-order valence-electron chi connectivity index (χ2n) is 8.15. The average Bonchev–Trinajstić information content (AvgIpc) is 2.77. The van der Waals surface area contributed by atoms with E-state index < -0.39 is 16.0 Å². The maximum absolute atomic E-state index is 12.8. The Morgan fingerprint density at radius 1 is 1.06 bits per heavy atom. The fourth-order valence-corrected chi connectivity index (χ4v) is 5.33. The molecule has 1 aliphatic heterocycles. The first-order chi connectivity index (χ1) is 15.2. The summed E-state index contributed by atoms with van der Waals surface area (Å²) in [6, 6.07) is 12.5. The minimum absolute atomic E-state index is 0.0316. The number of amides is 1. The number of esters is 1. The molecule has 2 aromatic rings. The van der Waals surface area contributed by atoms with Crippen molar-refractivity contribution >= 4 is 27.6 Å². The van der Waals surface area contributed by atoms with E-state index in [1.807, 2.05) is 38.1 Å². The van der Waals surface area contributed by atoms with Gasteiger partial charge in [0.1, 0.15) is 0 Å². The van der Waals surface area contributed by atoms with E-state index in [0.29, 0.717) is 43.8 Å². The number of nitrogens with zero attached hydrogens (tertiary/aromatic N) is 1. The molecule has 0 unspecified atom stereocenters. The van der Waals surface area contributed by atoms with Crippen LogP contribution in [0.25, 0.3) is 0 Å². The Morgan fingerprint density at radius 3 is 2.31 bits per heavy atom. The Hall–Kier alpha value is -2.71. The van der Waals surface area contributed by atoms with E-state index in [4.69, 9.17) is 4.74 Å². The zero-order valence-corrected chi connectivity index (χ0v) is 19.6. The Balaban J connectivity index is 1.56. The average molecular weight is 459 g/mol. The van der Waals surface area contributed by atoms with Crippen molar-refractivity contribution in [3.63, 3.8) is 0 Å². The highest BCUT2D eigenvalue weighted by molar-refractivity contribution is 7.88. The van der Waals surface area contributed by atoms with Gasteiger partial charge < -0.3 is 10.1 Å². The Morgan fingerprint density at radius 2 is 1.72 bits per heavy atom. The summed E-state index contributed by atoms with van der Waals surface area (Å²) in [6.45, 7) is 6.48. The topological polar surface area (TPSA) is 92.8 Å². The van der Waals surface area contributed by atoms with Crippen molar-refractivity contribution in [2.24, 2.45) is 5.92 Å². The molecule has 0 aliphatic carbocycles. The maximum atomic E-state index is 12.8. The lowest BCUT2D eigenvalue weighted by Crippen LogP contribution is -2.41. The predicted molar refractivity (Wildman–Crippen MR) is 124 cm³/mol. The number of benzene rings is 2. The van der Waals surface area contributed by atoms with Crippen LogP contribution in [0, 0.1) is 19.8 Å². The van der Waals surface area contributed by atoms with Gasteiger partial charge in [0, 0.05) is 24.7 Å². The molecule has 0 saturated carbocycles. The zero-order valence-electron chi connectivity index (χ0n) is 18.8. The fourth-order valence-electron chi connectivity index (χ4n) is 3.76. The van der Waals surface area contributed by atoms with Gasteiger partial charge in [-0.05, 0) is 62.9 Å².